The summed E-state index contributed by atoms with van der Waals surface area (Å²) in [5.74, 6) is 0.0236. The van der Waals surface area contributed by atoms with Crippen LogP contribution in [-0.4, -0.2) is 23.6 Å². The van der Waals surface area contributed by atoms with Crippen molar-refractivity contribution in [2.75, 3.05) is 13.4 Å². The maximum Gasteiger partial charge on any atom is 0.138 e. The first kappa shape index (κ1) is 12.3. The molecule has 0 saturated heterocycles. The van der Waals surface area contributed by atoms with Crippen LogP contribution in [0.1, 0.15) is 0 Å². The van der Waals surface area contributed by atoms with Gasteiger partial charge in [-0.1, -0.05) is 11.6 Å². The summed E-state index contributed by atoms with van der Waals surface area (Å²) in [6.07, 6.45) is 1.90. The Labute approximate surface area is 107 Å². The van der Waals surface area contributed by atoms with E-state index in [0.29, 0.717) is 17.0 Å². The molecule has 0 aliphatic rings. The highest BCUT2D eigenvalue weighted by atomic mass is 35.5. The fourth-order valence-corrected chi connectivity index (χ4v) is 2.04. The Morgan fingerprint density at radius 2 is 2.18 bits per heavy atom. The van der Waals surface area contributed by atoms with Crippen LogP contribution >= 0.6 is 23.4 Å². The average Bonchev–Trinajstić information content (AvgIpc) is 2.78. The molecule has 2 rings (SSSR count). The van der Waals surface area contributed by atoms with Gasteiger partial charge in [-0.05, 0) is 24.5 Å². The van der Waals surface area contributed by atoms with Crippen LogP contribution in [0.5, 0.6) is 5.75 Å². The van der Waals surface area contributed by atoms with E-state index in [1.165, 1.54) is 24.9 Å². The molecule has 90 valence electrons. The quantitative estimate of drug-likeness (QED) is 0.868. The van der Waals surface area contributed by atoms with Crippen molar-refractivity contribution in [1.82, 2.24) is 10.2 Å². The van der Waals surface area contributed by atoms with Gasteiger partial charge in [-0.2, -0.15) is 5.10 Å². The number of H-pyrrole nitrogens is 1. The maximum absolute atomic E-state index is 13.8. The molecular weight excluding hydrogens is 263 g/mol. The van der Waals surface area contributed by atoms with Crippen molar-refractivity contribution in [1.29, 1.82) is 0 Å². The summed E-state index contributed by atoms with van der Waals surface area (Å²) in [5, 5.41) is 7.85. The van der Waals surface area contributed by atoms with Gasteiger partial charge in [0.2, 0.25) is 0 Å². The van der Waals surface area contributed by atoms with Gasteiger partial charge in [-0.25, -0.2) is 4.39 Å². The van der Waals surface area contributed by atoms with Gasteiger partial charge >= 0.3 is 0 Å². The molecule has 0 fully saturated rings. The largest absolute Gasteiger partial charge is 0.495 e. The number of aromatic amines is 1. The Morgan fingerprint density at radius 1 is 1.41 bits per heavy atom. The van der Waals surface area contributed by atoms with Gasteiger partial charge in [0, 0.05) is 5.56 Å². The lowest BCUT2D eigenvalue weighted by molar-refractivity contribution is 0.414. The molecule has 1 aromatic carbocycles. The van der Waals surface area contributed by atoms with E-state index in [1.807, 2.05) is 6.26 Å². The number of nitrogens with one attached hydrogen (secondary N) is 1. The van der Waals surface area contributed by atoms with Crippen LogP contribution in [-0.2, 0) is 0 Å². The standard InChI is InChI=1S/C11H10ClFN2OS/c1-16-10-3-6(8(13)4-7(10)12)9-5-11(17-2)15-14-9/h3-5H,1-2H3,(H,14,15). The molecule has 1 N–H and O–H groups in total. The Hall–Kier alpha value is -1.20. The molecule has 0 spiro atoms. The Balaban J connectivity index is 2.50. The van der Waals surface area contributed by atoms with Crippen LogP contribution in [0.4, 0.5) is 4.39 Å². The molecule has 2 aromatic rings. The summed E-state index contributed by atoms with van der Waals surface area (Å²) in [4.78, 5) is 0. The third-order valence-corrected chi connectivity index (χ3v) is 3.22. The highest BCUT2D eigenvalue weighted by molar-refractivity contribution is 7.98. The van der Waals surface area contributed by atoms with Crippen LogP contribution in [0.25, 0.3) is 11.3 Å². The number of halogens is 2. The smallest absolute Gasteiger partial charge is 0.138 e. The van der Waals surface area contributed by atoms with E-state index >= 15 is 0 Å². The molecule has 0 saturated carbocycles. The fourth-order valence-electron chi connectivity index (χ4n) is 1.44. The first-order valence-electron chi connectivity index (χ1n) is 4.78. The van der Waals surface area contributed by atoms with Crippen molar-refractivity contribution in [2.24, 2.45) is 0 Å². The monoisotopic (exact) mass is 272 g/mol. The highest BCUT2D eigenvalue weighted by Crippen LogP contribution is 2.33. The number of ether oxygens (including phenoxy) is 1. The van der Waals surface area contributed by atoms with Crippen LogP contribution in [0, 0.1) is 5.82 Å². The number of hydrogen-bond acceptors (Lipinski definition) is 3. The third kappa shape index (κ3) is 2.40. The minimum absolute atomic E-state index is 0.248. The molecule has 0 unspecified atom stereocenters. The molecule has 17 heavy (non-hydrogen) atoms. The average molecular weight is 273 g/mol. The van der Waals surface area contributed by atoms with Crippen LogP contribution in [0.2, 0.25) is 5.02 Å². The number of rotatable bonds is 3. The zero-order valence-electron chi connectivity index (χ0n) is 9.25. The van der Waals surface area contributed by atoms with Gasteiger partial charge < -0.3 is 4.74 Å². The van der Waals surface area contributed by atoms with E-state index in [2.05, 4.69) is 10.2 Å². The van der Waals surface area contributed by atoms with E-state index in [0.717, 1.165) is 5.03 Å². The number of aromatic nitrogens is 2. The highest BCUT2D eigenvalue weighted by Gasteiger charge is 2.13. The zero-order valence-corrected chi connectivity index (χ0v) is 10.8. The number of benzene rings is 1. The summed E-state index contributed by atoms with van der Waals surface area (Å²) < 4.78 is 18.8. The van der Waals surface area contributed by atoms with Gasteiger partial charge in [0.1, 0.15) is 16.6 Å². The van der Waals surface area contributed by atoms with Crippen molar-refractivity contribution in [3.05, 3.63) is 29.0 Å². The van der Waals surface area contributed by atoms with E-state index in [-0.39, 0.29) is 5.02 Å². The number of thioether (sulfide) groups is 1. The lowest BCUT2D eigenvalue weighted by Gasteiger charge is -2.06. The molecule has 1 heterocycles. The Kier molecular flexibility index (Phi) is 3.59. The molecule has 0 bridgehead atoms. The summed E-state index contributed by atoms with van der Waals surface area (Å²) in [5.41, 5.74) is 0.987. The normalized spacial score (nSPS) is 10.6. The summed E-state index contributed by atoms with van der Waals surface area (Å²) in [6, 6.07) is 4.56. The van der Waals surface area contributed by atoms with E-state index in [9.17, 15) is 4.39 Å². The molecule has 0 aliphatic heterocycles. The van der Waals surface area contributed by atoms with Crippen molar-refractivity contribution in [2.45, 2.75) is 5.03 Å². The molecule has 0 aliphatic carbocycles. The second kappa shape index (κ2) is 4.98. The molecule has 0 amide bonds. The van der Waals surface area contributed by atoms with Crippen molar-refractivity contribution in [3.8, 4) is 17.0 Å². The van der Waals surface area contributed by atoms with Gasteiger partial charge in [-0.3, -0.25) is 5.10 Å². The predicted octanol–water partition coefficient (Wildman–Crippen LogP) is 3.60. The van der Waals surface area contributed by atoms with Gasteiger partial charge in [-0.15, -0.1) is 11.8 Å². The predicted molar refractivity (Wildman–Crippen MR) is 67.3 cm³/mol. The summed E-state index contributed by atoms with van der Waals surface area (Å²) >= 11 is 7.31. The van der Waals surface area contributed by atoms with E-state index in [1.54, 1.807) is 12.1 Å². The summed E-state index contributed by atoms with van der Waals surface area (Å²) in [6.45, 7) is 0. The van der Waals surface area contributed by atoms with Crippen molar-refractivity contribution >= 4 is 23.4 Å². The van der Waals surface area contributed by atoms with Crippen molar-refractivity contribution < 1.29 is 9.13 Å². The second-order valence-electron chi connectivity index (χ2n) is 3.29. The zero-order chi connectivity index (χ0) is 12.4. The molecular formula is C11H10ClFN2OS. The van der Waals surface area contributed by atoms with Crippen LogP contribution < -0.4 is 4.74 Å². The van der Waals surface area contributed by atoms with E-state index < -0.39 is 5.82 Å². The van der Waals surface area contributed by atoms with Gasteiger partial charge in [0.25, 0.3) is 0 Å². The number of nitrogens with zero attached hydrogens (tertiary/aromatic N) is 1. The van der Waals surface area contributed by atoms with Crippen LogP contribution in [0.3, 0.4) is 0 Å². The Morgan fingerprint density at radius 3 is 2.76 bits per heavy atom. The fraction of sp³-hybridized carbons (Fsp3) is 0.182. The lowest BCUT2D eigenvalue weighted by Crippen LogP contribution is -1.90. The minimum atomic E-state index is -0.410. The molecule has 3 nitrogen and oxygen atoms in total. The lowest BCUT2D eigenvalue weighted by atomic mass is 10.1. The molecule has 1 aromatic heterocycles. The maximum atomic E-state index is 13.8. The van der Waals surface area contributed by atoms with Crippen LogP contribution in [0.15, 0.2) is 23.2 Å². The number of methoxy groups -OCH3 is 1. The first-order valence-corrected chi connectivity index (χ1v) is 6.38. The molecule has 0 atom stereocenters. The van der Waals surface area contributed by atoms with E-state index in [4.69, 9.17) is 16.3 Å². The van der Waals surface area contributed by atoms with Gasteiger partial charge in [0.15, 0.2) is 0 Å². The third-order valence-electron chi connectivity index (χ3n) is 2.30. The first-order chi connectivity index (χ1) is 8.15. The summed E-state index contributed by atoms with van der Waals surface area (Å²) in [7, 11) is 1.49. The second-order valence-corrected chi connectivity index (χ2v) is 4.52. The SMILES string of the molecule is COc1cc(-c2cc(SC)n[nH]2)c(F)cc1Cl. The molecule has 0 radical (unpaired) electrons. The Bertz CT molecular complexity index is 544. The van der Waals surface area contributed by atoms with Crippen molar-refractivity contribution in [3.63, 3.8) is 0 Å². The molecule has 6 heteroatoms. The van der Waals surface area contributed by atoms with Gasteiger partial charge in [0.05, 0.1) is 17.8 Å². The minimum Gasteiger partial charge on any atom is -0.495 e. The number of hydrogen-bond donors (Lipinski definition) is 1. The topological polar surface area (TPSA) is 37.9 Å².